The molecule has 2 aromatic rings. The molecule has 136 valence electrons. The number of nitrogens with one attached hydrogen (secondary N) is 1. The Morgan fingerprint density at radius 2 is 1.64 bits per heavy atom. The molecule has 0 atom stereocenters. The van der Waals surface area contributed by atoms with Crippen LogP contribution in [0.15, 0.2) is 57.9 Å². The molecule has 0 aliphatic rings. The van der Waals surface area contributed by atoms with Gasteiger partial charge in [-0.3, -0.25) is 0 Å². The lowest BCUT2D eigenvalue weighted by atomic mass is 9.86. The molecule has 0 radical (unpaired) electrons. The summed E-state index contributed by atoms with van der Waals surface area (Å²) in [5.41, 5.74) is 0.972. The van der Waals surface area contributed by atoms with Crippen LogP contribution in [0.3, 0.4) is 0 Å². The monoisotopic (exact) mass is 425 g/mol. The van der Waals surface area contributed by atoms with Crippen LogP contribution >= 0.6 is 15.9 Å². The van der Waals surface area contributed by atoms with E-state index in [1.165, 1.54) is 5.56 Å². The lowest BCUT2D eigenvalue weighted by Crippen LogP contribution is -2.35. The van der Waals surface area contributed by atoms with E-state index in [1.54, 1.807) is 24.3 Å². The highest BCUT2D eigenvalue weighted by Gasteiger charge is 2.23. The van der Waals surface area contributed by atoms with Crippen molar-refractivity contribution in [1.82, 2.24) is 4.72 Å². The first-order chi connectivity index (χ1) is 11.7. The SMILES string of the molecule is CCOc1ccc(S(=O)(=O)NCC(C)(C)Cc2ccc(Br)cc2)cc1. The van der Waals surface area contributed by atoms with E-state index in [9.17, 15) is 8.42 Å². The third-order valence-electron chi connectivity index (χ3n) is 3.78. The summed E-state index contributed by atoms with van der Waals surface area (Å²) in [7, 11) is -3.54. The van der Waals surface area contributed by atoms with Gasteiger partial charge in [-0.2, -0.15) is 0 Å². The number of hydrogen-bond acceptors (Lipinski definition) is 3. The normalized spacial score (nSPS) is 12.2. The van der Waals surface area contributed by atoms with Crippen molar-refractivity contribution in [3.63, 3.8) is 0 Å². The van der Waals surface area contributed by atoms with Gasteiger partial charge in [0.2, 0.25) is 10.0 Å². The van der Waals surface area contributed by atoms with Gasteiger partial charge in [0.15, 0.2) is 0 Å². The molecule has 0 saturated heterocycles. The Morgan fingerprint density at radius 3 is 2.20 bits per heavy atom. The van der Waals surface area contributed by atoms with Gasteiger partial charge >= 0.3 is 0 Å². The van der Waals surface area contributed by atoms with Gasteiger partial charge < -0.3 is 4.74 Å². The topological polar surface area (TPSA) is 55.4 Å². The van der Waals surface area contributed by atoms with E-state index in [-0.39, 0.29) is 10.3 Å². The van der Waals surface area contributed by atoms with Crippen LogP contribution in [0.4, 0.5) is 0 Å². The second kappa shape index (κ2) is 8.34. The van der Waals surface area contributed by atoms with Crippen molar-refractivity contribution in [1.29, 1.82) is 0 Å². The Balaban J connectivity index is 2.00. The zero-order valence-corrected chi connectivity index (χ0v) is 17.2. The fourth-order valence-electron chi connectivity index (χ4n) is 2.47. The van der Waals surface area contributed by atoms with Gasteiger partial charge in [-0.25, -0.2) is 13.1 Å². The number of rotatable bonds is 8. The van der Waals surface area contributed by atoms with E-state index in [0.717, 1.165) is 10.9 Å². The van der Waals surface area contributed by atoms with E-state index in [0.29, 0.717) is 18.9 Å². The van der Waals surface area contributed by atoms with Gasteiger partial charge in [0.25, 0.3) is 0 Å². The second-order valence-electron chi connectivity index (χ2n) is 6.70. The van der Waals surface area contributed by atoms with Crippen LogP contribution in [0.1, 0.15) is 26.3 Å². The molecule has 0 amide bonds. The van der Waals surface area contributed by atoms with E-state index >= 15 is 0 Å². The first-order valence-corrected chi connectivity index (χ1v) is 10.5. The van der Waals surface area contributed by atoms with Crippen LogP contribution in [0, 0.1) is 5.41 Å². The van der Waals surface area contributed by atoms with Crippen LogP contribution in [0.25, 0.3) is 0 Å². The molecule has 25 heavy (non-hydrogen) atoms. The fraction of sp³-hybridized carbons (Fsp3) is 0.368. The van der Waals surface area contributed by atoms with Crippen LogP contribution in [0.5, 0.6) is 5.75 Å². The van der Waals surface area contributed by atoms with Crippen LogP contribution in [-0.2, 0) is 16.4 Å². The first-order valence-electron chi connectivity index (χ1n) is 8.19. The quantitative estimate of drug-likeness (QED) is 0.681. The predicted octanol–water partition coefficient (Wildman–Crippen LogP) is 4.40. The summed E-state index contributed by atoms with van der Waals surface area (Å²) in [4.78, 5) is 0.246. The number of ether oxygens (including phenoxy) is 1. The minimum absolute atomic E-state index is 0.202. The molecule has 0 aliphatic carbocycles. The summed E-state index contributed by atoms with van der Waals surface area (Å²) < 4.78 is 34.1. The third kappa shape index (κ3) is 6.13. The van der Waals surface area contributed by atoms with Gasteiger partial charge in [0.05, 0.1) is 11.5 Å². The second-order valence-corrected chi connectivity index (χ2v) is 9.38. The van der Waals surface area contributed by atoms with E-state index < -0.39 is 10.0 Å². The Labute approximate surface area is 158 Å². The molecule has 0 saturated carbocycles. The summed E-state index contributed by atoms with van der Waals surface area (Å²) in [5.74, 6) is 0.664. The number of benzene rings is 2. The maximum Gasteiger partial charge on any atom is 0.240 e. The zero-order chi connectivity index (χ0) is 18.5. The Hall–Kier alpha value is -1.37. The predicted molar refractivity (Wildman–Crippen MR) is 104 cm³/mol. The summed E-state index contributed by atoms with van der Waals surface area (Å²) in [6, 6.07) is 14.6. The highest BCUT2D eigenvalue weighted by Crippen LogP contribution is 2.23. The molecular weight excluding hydrogens is 402 g/mol. The average Bonchev–Trinajstić information content (AvgIpc) is 2.56. The molecule has 0 unspecified atom stereocenters. The fourth-order valence-corrected chi connectivity index (χ4v) is 3.98. The van der Waals surface area contributed by atoms with Crippen molar-refractivity contribution >= 4 is 26.0 Å². The van der Waals surface area contributed by atoms with Crippen molar-refractivity contribution in [2.24, 2.45) is 5.41 Å². The van der Waals surface area contributed by atoms with Crippen LogP contribution in [0.2, 0.25) is 0 Å². The molecule has 0 spiro atoms. The molecule has 4 nitrogen and oxygen atoms in total. The van der Waals surface area contributed by atoms with Crippen molar-refractivity contribution in [3.05, 3.63) is 58.6 Å². The molecule has 0 aliphatic heterocycles. The summed E-state index contributed by atoms with van der Waals surface area (Å²) >= 11 is 3.42. The molecule has 0 heterocycles. The van der Waals surface area contributed by atoms with Gasteiger partial charge in [0.1, 0.15) is 5.75 Å². The molecule has 0 fully saturated rings. The van der Waals surface area contributed by atoms with E-state index in [2.05, 4.69) is 34.5 Å². The maximum atomic E-state index is 12.5. The standard InChI is InChI=1S/C19H24BrNO3S/c1-4-24-17-9-11-18(12-10-17)25(22,23)21-14-19(2,3)13-15-5-7-16(20)8-6-15/h5-12,21H,4,13-14H2,1-3H3. The molecule has 2 aromatic carbocycles. The van der Waals surface area contributed by atoms with Gasteiger partial charge in [-0.1, -0.05) is 41.9 Å². The number of sulfonamides is 1. The zero-order valence-electron chi connectivity index (χ0n) is 14.8. The summed E-state index contributed by atoms with van der Waals surface area (Å²) in [5, 5.41) is 0. The minimum atomic E-state index is -3.54. The van der Waals surface area contributed by atoms with E-state index in [4.69, 9.17) is 4.74 Å². The highest BCUT2D eigenvalue weighted by atomic mass is 79.9. The smallest absolute Gasteiger partial charge is 0.240 e. The van der Waals surface area contributed by atoms with Crippen molar-refractivity contribution in [3.8, 4) is 5.75 Å². The van der Waals surface area contributed by atoms with Crippen molar-refractivity contribution in [2.45, 2.75) is 32.1 Å². The number of halogens is 1. The van der Waals surface area contributed by atoms with Crippen molar-refractivity contribution in [2.75, 3.05) is 13.2 Å². The third-order valence-corrected chi connectivity index (χ3v) is 5.73. The largest absolute Gasteiger partial charge is 0.494 e. The molecule has 0 bridgehead atoms. The Morgan fingerprint density at radius 1 is 1.04 bits per heavy atom. The van der Waals surface area contributed by atoms with Crippen LogP contribution < -0.4 is 9.46 Å². The molecule has 6 heteroatoms. The molecule has 2 rings (SSSR count). The highest BCUT2D eigenvalue weighted by molar-refractivity contribution is 9.10. The van der Waals surface area contributed by atoms with Crippen LogP contribution in [-0.4, -0.2) is 21.6 Å². The molecular formula is C19H24BrNO3S. The molecule has 1 N–H and O–H groups in total. The van der Waals surface area contributed by atoms with E-state index in [1.807, 2.05) is 31.2 Å². The maximum absolute atomic E-state index is 12.5. The lowest BCUT2D eigenvalue weighted by molar-refractivity contribution is 0.340. The summed E-state index contributed by atoms with van der Waals surface area (Å²) in [6.45, 7) is 6.90. The first kappa shape index (κ1) is 19.9. The minimum Gasteiger partial charge on any atom is -0.494 e. The lowest BCUT2D eigenvalue weighted by Gasteiger charge is -2.25. The van der Waals surface area contributed by atoms with Gasteiger partial charge in [-0.05, 0) is 60.7 Å². The Bertz CT molecular complexity index is 784. The molecule has 0 aromatic heterocycles. The van der Waals surface area contributed by atoms with Gasteiger partial charge in [0, 0.05) is 11.0 Å². The Kier molecular flexibility index (Phi) is 6.65. The van der Waals surface area contributed by atoms with Crippen molar-refractivity contribution < 1.29 is 13.2 Å². The number of hydrogen-bond donors (Lipinski definition) is 1. The average molecular weight is 426 g/mol. The summed E-state index contributed by atoms with van der Waals surface area (Å²) in [6.07, 6.45) is 0.784. The van der Waals surface area contributed by atoms with Gasteiger partial charge in [-0.15, -0.1) is 0 Å².